The normalized spacial score (nSPS) is 12.8. The number of halogens is 2. The van der Waals surface area contributed by atoms with Gasteiger partial charge in [-0.05, 0) is 43.7 Å². The van der Waals surface area contributed by atoms with Gasteiger partial charge in [-0.3, -0.25) is 4.79 Å². The first-order chi connectivity index (χ1) is 13.8. The molecule has 2 atom stereocenters. The van der Waals surface area contributed by atoms with Gasteiger partial charge in [0, 0.05) is 13.2 Å². The van der Waals surface area contributed by atoms with Crippen LogP contribution in [0, 0.1) is 0 Å². The summed E-state index contributed by atoms with van der Waals surface area (Å²) in [4.78, 5) is 12.5. The Bertz CT molecular complexity index is 831. The second-order valence-corrected chi connectivity index (χ2v) is 7.13. The van der Waals surface area contributed by atoms with Crippen LogP contribution in [0.5, 0.6) is 17.2 Å². The standard InChI is InChI=1S/C21H25Cl2NO5/c1-13(15-5-8-19(20(11-15)27-4)28-10-9-26-3)24-21(25)14(2)29-16-6-7-17(22)18(23)12-16/h5-8,11-14H,9-10H2,1-4H3,(H,24,25). The third-order valence-electron chi connectivity index (χ3n) is 4.16. The van der Waals surface area contributed by atoms with E-state index in [1.165, 1.54) is 0 Å². The number of rotatable bonds is 10. The Morgan fingerprint density at radius 2 is 1.76 bits per heavy atom. The molecule has 0 radical (unpaired) electrons. The maximum Gasteiger partial charge on any atom is 0.261 e. The molecular formula is C21H25Cl2NO5. The van der Waals surface area contributed by atoms with Crippen molar-refractivity contribution < 1.29 is 23.7 Å². The smallest absolute Gasteiger partial charge is 0.261 e. The minimum Gasteiger partial charge on any atom is -0.493 e. The molecule has 0 aliphatic carbocycles. The van der Waals surface area contributed by atoms with Crippen molar-refractivity contribution in [1.29, 1.82) is 0 Å². The van der Waals surface area contributed by atoms with E-state index in [0.29, 0.717) is 40.5 Å². The molecule has 1 N–H and O–H groups in total. The lowest BCUT2D eigenvalue weighted by Crippen LogP contribution is -2.37. The molecule has 2 aromatic rings. The van der Waals surface area contributed by atoms with Crippen LogP contribution in [0.15, 0.2) is 36.4 Å². The lowest BCUT2D eigenvalue weighted by Gasteiger charge is -2.20. The fourth-order valence-electron chi connectivity index (χ4n) is 2.53. The molecule has 0 fully saturated rings. The van der Waals surface area contributed by atoms with Gasteiger partial charge in [0.05, 0.1) is 29.8 Å². The molecule has 0 saturated heterocycles. The van der Waals surface area contributed by atoms with Crippen LogP contribution in [-0.4, -0.2) is 39.4 Å². The summed E-state index contributed by atoms with van der Waals surface area (Å²) >= 11 is 11.9. The maximum absolute atomic E-state index is 12.5. The highest BCUT2D eigenvalue weighted by atomic mass is 35.5. The van der Waals surface area contributed by atoms with Crippen LogP contribution >= 0.6 is 23.2 Å². The van der Waals surface area contributed by atoms with Crippen LogP contribution in [0.2, 0.25) is 10.0 Å². The lowest BCUT2D eigenvalue weighted by atomic mass is 10.1. The molecule has 1 amide bonds. The third-order valence-corrected chi connectivity index (χ3v) is 4.90. The molecule has 0 saturated carbocycles. The van der Waals surface area contributed by atoms with Gasteiger partial charge in [0.1, 0.15) is 12.4 Å². The Kier molecular flexibility index (Phi) is 8.89. The number of hydrogen-bond acceptors (Lipinski definition) is 5. The molecule has 0 bridgehead atoms. The van der Waals surface area contributed by atoms with Gasteiger partial charge in [0.15, 0.2) is 17.6 Å². The van der Waals surface area contributed by atoms with E-state index >= 15 is 0 Å². The molecule has 6 nitrogen and oxygen atoms in total. The quantitative estimate of drug-likeness (QED) is 0.542. The fraction of sp³-hybridized carbons (Fsp3) is 0.381. The van der Waals surface area contributed by atoms with E-state index < -0.39 is 6.10 Å². The Labute approximate surface area is 181 Å². The monoisotopic (exact) mass is 441 g/mol. The van der Waals surface area contributed by atoms with Crippen molar-refractivity contribution in [3.8, 4) is 17.2 Å². The Hall–Kier alpha value is -2.15. The first kappa shape index (κ1) is 23.1. The number of hydrogen-bond donors (Lipinski definition) is 1. The van der Waals surface area contributed by atoms with Gasteiger partial charge < -0.3 is 24.3 Å². The molecule has 8 heteroatoms. The van der Waals surface area contributed by atoms with E-state index in [1.807, 2.05) is 25.1 Å². The maximum atomic E-state index is 12.5. The van der Waals surface area contributed by atoms with Crippen LogP contribution in [0.1, 0.15) is 25.5 Å². The van der Waals surface area contributed by atoms with E-state index in [0.717, 1.165) is 5.56 Å². The molecule has 0 aliphatic heterocycles. The second kappa shape index (κ2) is 11.1. The van der Waals surface area contributed by atoms with Crippen LogP contribution in [-0.2, 0) is 9.53 Å². The number of amides is 1. The summed E-state index contributed by atoms with van der Waals surface area (Å²) in [5.41, 5.74) is 0.871. The summed E-state index contributed by atoms with van der Waals surface area (Å²) in [6.07, 6.45) is -0.715. The van der Waals surface area contributed by atoms with Crippen molar-refractivity contribution in [2.24, 2.45) is 0 Å². The number of benzene rings is 2. The van der Waals surface area contributed by atoms with Crippen molar-refractivity contribution >= 4 is 29.1 Å². The van der Waals surface area contributed by atoms with E-state index in [-0.39, 0.29) is 11.9 Å². The molecule has 29 heavy (non-hydrogen) atoms. The Morgan fingerprint density at radius 1 is 1.00 bits per heavy atom. The predicted molar refractivity (Wildman–Crippen MR) is 113 cm³/mol. The number of methoxy groups -OCH3 is 2. The molecule has 2 aromatic carbocycles. The van der Waals surface area contributed by atoms with Crippen molar-refractivity contribution in [2.75, 3.05) is 27.4 Å². The van der Waals surface area contributed by atoms with Crippen molar-refractivity contribution in [1.82, 2.24) is 5.32 Å². The summed E-state index contributed by atoms with van der Waals surface area (Å²) < 4.78 is 21.7. The van der Waals surface area contributed by atoms with Gasteiger partial charge in [-0.1, -0.05) is 29.3 Å². The molecule has 0 heterocycles. The molecule has 2 unspecified atom stereocenters. The minimum absolute atomic E-state index is 0.260. The lowest BCUT2D eigenvalue weighted by molar-refractivity contribution is -0.127. The average molecular weight is 442 g/mol. The van der Waals surface area contributed by atoms with E-state index in [1.54, 1.807) is 39.3 Å². The highest BCUT2D eigenvalue weighted by molar-refractivity contribution is 6.42. The van der Waals surface area contributed by atoms with Gasteiger partial charge in [-0.15, -0.1) is 0 Å². The van der Waals surface area contributed by atoms with Crippen molar-refractivity contribution in [3.63, 3.8) is 0 Å². The zero-order chi connectivity index (χ0) is 21.4. The Balaban J connectivity index is 1.99. The van der Waals surface area contributed by atoms with Gasteiger partial charge in [-0.25, -0.2) is 0 Å². The molecule has 158 valence electrons. The van der Waals surface area contributed by atoms with Gasteiger partial charge >= 0.3 is 0 Å². The summed E-state index contributed by atoms with van der Waals surface area (Å²) in [5.74, 6) is 1.40. The largest absolute Gasteiger partial charge is 0.493 e. The fourth-order valence-corrected chi connectivity index (χ4v) is 2.82. The third kappa shape index (κ3) is 6.70. The number of ether oxygens (including phenoxy) is 4. The van der Waals surface area contributed by atoms with Gasteiger partial charge in [-0.2, -0.15) is 0 Å². The van der Waals surface area contributed by atoms with Crippen LogP contribution in [0.4, 0.5) is 0 Å². The highest BCUT2D eigenvalue weighted by Gasteiger charge is 2.19. The number of nitrogens with one attached hydrogen (secondary N) is 1. The summed E-state index contributed by atoms with van der Waals surface area (Å²) in [6, 6.07) is 10.1. The number of carbonyl (C=O) groups is 1. The number of carbonyl (C=O) groups excluding carboxylic acids is 1. The topological polar surface area (TPSA) is 66.0 Å². The molecular weight excluding hydrogens is 417 g/mol. The van der Waals surface area contributed by atoms with Gasteiger partial charge in [0.2, 0.25) is 0 Å². The molecule has 2 rings (SSSR count). The molecule has 0 spiro atoms. The van der Waals surface area contributed by atoms with Crippen molar-refractivity contribution in [2.45, 2.75) is 26.0 Å². The van der Waals surface area contributed by atoms with E-state index in [9.17, 15) is 4.79 Å². The second-order valence-electron chi connectivity index (χ2n) is 6.32. The van der Waals surface area contributed by atoms with E-state index in [4.69, 9.17) is 42.1 Å². The minimum atomic E-state index is -0.715. The first-order valence-electron chi connectivity index (χ1n) is 9.07. The summed E-state index contributed by atoms with van der Waals surface area (Å²) in [7, 11) is 3.18. The van der Waals surface area contributed by atoms with Crippen LogP contribution in [0.25, 0.3) is 0 Å². The Morgan fingerprint density at radius 3 is 2.41 bits per heavy atom. The van der Waals surface area contributed by atoms with Gasteiger partial charge in [0.25, 0.3) is 5.91 Å². The van der Waals surface area contributed by atoms with Crippen molar-refractivity contribution in [3.05, 3.63) is 52.0 Å². The SMILES string of the molecule is COCCOc1ccc(C(C)NC(=O)C(C)Oc2ccc(Cl)c(Cl)c2)cc1OC. The zero-order valence-corrected chi connectivity index (χ0v) is 18.3. The molecule has 0 aromatic heterocycles. The van der Waals surface area contributed by atoms with E-state index in [2.05, 4.69) is 5.32 Å². The summed E-state index contributed by atoms with van der Waals surface area (Å²) in [6.45, 7) is 4.44. The van der Waals surface area contributed by atoms with Crippen LogP contribution in [0.3, 0.4) is 0 Å². The summed E-state index contributed by atoms with van der Waals surface area (Å²) in [5, 5.41) is 3.72. The molecule has 0 aliphatic rings. The highest BCUT2D eigenvalue weighted by Crippen LogP contribution is 2.30. The first-order valence-corrected chi connectivity index (χ1v) is 9.83. The zero-order valence-electron chi connectivity index (χ0n) is 16.8. The average Bonchev–Trinajstić information content (AvgIpc) is 2.70. The predicted octanol–water partition coefficient (Wildman–Crippen LogP) is 4.67. The van der Waals surface area contributed by atoms with Crippen LogP contribution < -0.4 is 19.5 Å².